The number of Topliss-reactive ketones (excluding diaryl/α,β-unsaturated/α-hetero) is 4. The van der Waals surface area contributed by atoms with Crippen molar-refractivity contribution in [2.75, 3.05) is 6.61 Å². The third-order valence-corrected chi connectivity index (χ3v) is 7.35. The van der Waals surface area contributed by atoms with Gasteiger partial charge in [-0.2, -0.15) is 0 Å². The summed E-state index contributed by atoms with van der Waals surface area (Å²) in [6.45, 7) is 12.3. The zero-order valence-corrected chi connectivity index (χ0v) is 22.4. The van der Waals surface area contributed by atoms with E-state index in [2.05, 4.69) is 39.8 Å². The molecule has 2 atom stereocenters. The molecule has 0 saturated heterocycles. The molecule has 0 radical (unpaired) electrons. The zero-order chi connectivity index (χ0) is 27.1. The molecule has 0 aromatic heterocycles. The van der Waals surface area contributed by atoms with Crippen LogP contribution in [0.4, 0.5) is 0 Å². The van der Waals surface area contributed by atoms with Crippen LogP contribution in [0.5, 0.6) is 0 Å². The number of fused-ring (bicyclic) bond motifs is 1. The van der Waals surface area contributed by atoms with E-state index in [4.69, 9.17) is 4.74 Å². The maximum absolute atomic E-state index is 13.1. The highest BCUT2D eigenvalue weighted by Gasteiger charge is 2.36. The van der Waals surface area contributed by atoms with Crippen molar-refractivity contribution in [3.8, 4) is 0 Å². The minimum atomic E-state index is -0.707. The maximum Gasteiger partial charge on any atom is 0.196 e. The number of ketones is 4. The fourth-order valence-corrected chi connectivity index (χ4v) is 5.19. The van der Waals surface area contributed by atoms with E-state index in [-0.39, 0.29) is 35.2 Å². The van der Waals surface area contributed by atoms with Crippen LogP contribution in [-0.2, 0) is 9.53 Å². The second-order valence-electron chi connectivity index (χ2n) is 11.1. The largest absolute Gasteiger partial charge is 0.488 e. The van der Waals surface area contributed by atoms with Gasteiger partial charge in [-0.25, -0.2) is 0 Å². The van der Waals surface area contributed by atoms with E-state index in [0.717, 1.165) is 12.0 Å². The van der Waals surface area contributed by atoms with Gasteiger partial charge in [-0.3, -0.25) is 19.2 Å². The summed E-state index contributed by atoms with van der Waals surface area (Å²) in [7, 11) is 0. The Bertz CT molecular complexity index is 1350. The molecule has 1 unspecified atom stereocenters. The maximum atomic E-state index is 13.1. The van der Waals surface area contributed by atoms with Crippen molar-refractivity contribution >= 4 is 23.1 Å². The molecule has 0 aliphatic heterocycles. The molecule has 3 aliphatic carbocycles. The lowest BCUT2D eigenvalue weighted by atomic mass is 9.74. The lowest BCUT2D eigenvalue weighted by Crippen LogP contribution is -2.19. The monoisotopic (exact) mass is 498 g/mol. The van der Waals surface area contributed by atoms with E-state index in [0.29, 0.717) is 45.9 Å². The second-order valence-corrected chi connectivity index (χ2v) is 11.1. The number of benzene rings is 1. The van der Waals surface area contributed by atoms with Gasteiger partial charge in [-0.15, -0.1) is 0 Å². The zero-order valence-electron chi connectivity index (χ0n) is 22.4. The number of allylic oxidation sites excluding steroid dienone is 8. The molecule has 1 aromatic rings. The first-order chi connectivity index (χ1) is 17.4. The van der Waals surface area contributed by atoms with Gasteiger partial charge in [-0.1, -0.05) is 58.4 Å². The van der Waals surface area contributed by atoms with Crippen molar-refractivity contribution in [2.45, 2.75) is 54.4 Å². The molecular formula is C32H34O5. The second kappa shape index (κ2) is 10.0. The molecular weight excluding hydrogens is 464 g/mol. The minimum absolute atomic E-state index is 0.00634. The summed E-state index contributed by atoms with van der Waals surface area (Å²) in [6.07, 6.45) is 10.8. The summed E-state index contributed by atoms with van der Waals surface area (Å²) in [6, 6.07) is 4.62. The normalized spacial score (nSPS) is 21.4. The summed E-state index contributed by atoms with van der Waals surface area (Å²) >= 11 is 0. The van der Waals surface area contributed by atoms with Gasteiger partial charge in [0.15, 0.2) is 23.1 Å². The number of ether oxygens (including phenoxy) is 1. The average Bonchev–Trinajstić information content (AvgIpc) is 3.04. The molecule has 0 heterocycles. The highest BCUT2D eigenvalue weighted by atomic mass is 16.5. The van der Waals surface area contributed by atoms with Crippen molar-refractivity contribution in [3.63, 3.8) is 0 Å². The Kier molecular flexibility index (Phi) is 7.18. The van der Waals surface area contributed by atoms with Crippen molar-refractivity contribution in [1.82, 2.24) is 0 Å². The van der Waals surface area contributed by atoms with Crippen LogP contribution in [0.3, 0.4) is 0 Å². The van der Waals surface area contributed by atoms with E-state index in [1.807, 2.05) is 13.0 Å². The Morgan fingerprint density at radius 3 is 2.30 bits per heavy atom. The highest BCUT2D eigenvalue weighted by Crippen LogP contribution is 2.38. The number of hydrogen-bond donors (Lipinski definition) is 0. The van der Waals surface area contributed by atoms with Crippen molar-refractivity contribution in [1.29, 1.82) is 0 Å². The molecule has 3 aliphatic rings. The van der Waals surface area contributed by atoms with E-state index in [1.54, 1.807) is 31.2 Å². The minimum Gasteiger partial charge on any atom is -0.488 e. The molecule has 0 saturated carbocycles. The van der Waals surface area contributed by atoms with Crippen LogP contribution in [0.1, 0.15) is 85.5 Å². The Morgan fingerprint density at radius 1 is 1.00 bits per heavy atom. The van der Waals surface area contributed by atoms with Crippen molar-refractivity contribution in [2.24, 2.45) is 17.3 Å². The first kappa shape index (κ1) is 26.5. The lowest BCUT2D eigenvalue weighted by molar-refractivity contribution is -0.115. The molecule has 0 amide bonds. The lowest BCUT2D eigenvalue weighted by Gasteiger charge is -2.31. The predicted molar refractivity (Wildman–Crippen MR) is 143 cm³/mol. The third-order valence-electron chi connectivity index (χ3n) is 7.35. The SMILES string of the molecule is CCC(=O)/C(=C\C1=CC=C(C(C)(C)C)[C@@H](C)C1)COC1=CC=C1C(=O)c1ccc2c(c1)C(=O)C(C)C2=O. The standard InChI is InChI=1S/C32H34O5/c1-7-27(33)22(15-20-8-12-26(18(2)14-20)32(4,5)6)17-37-28-13-11-24(28)31(36)21-9-10-23-25(16-21)30(35)19(3)29(23)34/h8-13,15-16,18-19H,7,14,17H2,1-6H3/b22-15-/t18-,19?/m0/s1. The third kappa shape index (κ3) is 5.13. The Balaban J connectivity index is 1.47. The van der Waals surface area contributed by atoms with Gasteiger partial charge < -0.3 is 4.74 Å². The van der Waals surface area contributed by atoms with Crippen LogP contribution in [0.15, 0.2) is 76.6 Å². The van der Waals surface area contributed by atoms with Gasteiger partial charge in [0.1, 0.15) is 12.4 Å². The summed E-state index contributed by atoms with van der Waals surface area (Å²) in [5.74, 6) is -0.651. The van der Waals surface area contributed by atoms with Crippen molar-refractivity contribution < 1.29 is 23.9 Å². The molecule has 1 aromatic carbocycles. The van der Waals surface area contributed by atoms with Gasteiger partial charge >= 0.3 is 0 Å². The Morgan fingerprint density at radius 2 is 1.70 bits per heavy atom. The van der Waals surface area contributed by atoms with Gasteiger partial charge in [0.05, 0.1) is 11.5 Å². The van der Waals surface area contributed by atoms with E-state index >= 15 is 0 Å². The van der Waals surface area contributed by atoms with Gasteiger partial charge in [0.25, 0.3) is 0 Å². The van der Waals surface area contributed by atoms with Crippen LogP contribution in [0, 0.1) is 17.3 Å². The van der Waals surface area contributed by atoms with E-state index in [1.165, 1.54) is 11.6 Å². The van der Waals surface area contributed by atoms with Gasteiger partial charge in [0, 0.05) is 28.7 Å². The van der Waals surface area contributed by atoms with Gasteiger partial charge in [0.2, 0.25) is 0 Å². The van der Waals surface area contributed by atoms with Crippen molar-refractivity contribution in [3.05, 3.63) is 93.3 Å². The topological polar surface area (TPSA) is 77.5 Å². The molecule has 0 spiro atoms. The number of rotatable bonds is 8. The molecule has 5 heteroatoms. The summed E-state index contributed by atoms with van der Waals surface area (Å²) in [4.78, 5) is 50.4. The first-order valence-electron chi connectivity index (χ1n) is 12.9. The fourth-order valence-electron chi connectivity index (χ4n) is 5.19. The highest BCUT2D eigenvalue weighted by molar-refractivity contribution is 6.27. The molecule has 4 rings (SSSR count). The Hall–Kier alpha value is -3.60. The molecule has 0 bridgehead atoms. The molecule has 0 N–H and O–H groups in total. The summed E-state index contributed by atoms with van der Waals surface area (Å²) in [5.41, 5.74) is 4.53. The van der Waals surface area contributed by atoms with Gasteiger partial charge in [-0.05, 0) is 60.6 Å². The fraction of sp³-hybridized carbons (Fsp3) is 0.375. The Labute approximate surface area is 218 Å². The molecule has 192 valence electrons. The van der Waals surface area contributed by atoms with Crippen LogP contribution >= 0.6 is 0 Å². The summed E-state index contributed by atoms with van der Waals surface area (Å²) in [5, 5.41) is 0. The number of carbonyl (C=O) groups is 4. The van der Waals surface area contributed by atoms with E-state index < -0.39 is 5.92 Å². The smallest absolute Gasteiger partial charge is 0.196 e. The molecule has 37 heavy (non-hydrogen) atoms. The number of carbonyl (C=O) groups excluding carboxylic acids is 4. The predicted octanol–water partition coefficient (Wildman–Crippen LogP) is 6.57. The van der Waals surface area contributed by atoms with Crippen LogP contribution in [-0.4, -0.2) is 29.7 Å². The molecule has 0 fully saturated rings. The molecule has 5 nitrogen and oxygen atoms in total. The average molecular weight is 499 g/mol. The quantitative estimate of drug-likeness (QED) is 0.230. The van der Waals surface area contributed by atoms with Crippen LogP contribution < -0.4 is 0 Å². The van der Waals surface area contributed by atoms with E-state index in [9.17, 15) is 19.2 Å². The first-order valence-corrected chi connectivity index (χ1v) is 12.9. The van der Waals surface area contributed by atoms with Crippen LogP contribution in [0.25, 0.3) is 0 Å². The number of hydrogen-bond acceptors (Lipinski definition) is 5. The van der Waals surface area contributed by atoms with Crippen LogP contribution in [0.2, 0.25) is 0 Å². The summed E-state index contributed by atoms with van der Waals surface area (Å²) < 4.78 is 5.93.